The number of rotatable bonds is 4. The fourth-order valence-electron chi connectivity index (χ4n) is 2.94. The lowest BCUT2D eigenvalue weighted by Crippen LogP contribution is -2.39. The molecular formula is C15H24FN3. The largest absolute Gasteiger partial charge is 0.397 e. The molecule has 1 aliphatic heterocycles. The lowest BCUT2D eigenvalue weighted by Gasteiger charge is -2.30. The Morgan fingerprint density at radius 2 is 2.21 bits per heavy atom. The average Bonchev–Trinajstić information content (AvgIpc) is 2.80. The predicted molar refractivity (Wildman–Crippen MR) is 79.1 cm³/mol. The Hall–Kier alpha value is -1.29. The maximum atomic E-state index is 13.4. The molecule has 0 bridgehead atoms. The van der Waals surface area contributed by atoms with E-state index in [1.54, 1.807) is 6.92 Å². The number of nitrogen functional groups attached to an aromatic ring is 1. The minimum Gasteiger partial charge on any atom is -0.397 e. The van der Waals surface area contributed by atoms with Crippen molar-refractivity contribution in [2.45, 2.75) is 32.7 Å². The summed E-state index contributed by atoms with van der Waals surface area (Å²) in [7, 11) is 2.04. The van der Waals surface area contributed by atoms with Crippen molar-refractivity contribution in [3.8, 4) is 0 Å². The van der Waals surface area contributed by atoms with E-state index in [0.29, 0.717) is 17.3 Å². The molecule has 1 aliphatic rings. The van der Waals surface area contributed by atoms with Crippen LogP contribution in [-0.2, 0) is 0 Å². The summed E-state index contributed by atoms with van der Waals surface area (Å²) in [6.45, 7) is 7.21. The van der Waals surface area contributed by atoms with Crippen LogP contribution >= 0.6 is 0 Å². The molecule has 1 aromatic rings. The zero-order chi connectivity index (χ0) is 14.0. The first-order chi connectivity index (χ1) is 9.02. The zero-order valence-electron chi connectivity index (χ0n) is 12.1. The number of halogens is 1. The molecule has 19 heavy (non-hydrogen) atoms. The van der Waals surface area contributed by atoms with Crippen LogP contribution in [-0.4, -0.2) is 37.6 Å². The second-order valence-electron chi connectivity index (χ2n) is 5.47. The Balaban J connectivity index is 2.11. The summed E-state index contributed by atoms with van der Waals surface area (Å²) in [5.41, 5.74) is 8.04. The second kappa shape index (κ2) is 5.78. The van der Waals surface area contributed by atoms with E-state index in [2.05, 4.69) is 16.7 Å². The van der Waals surface area contributed by atoms with E-state index in [-0.39, 0.29) is 5.82 Å². The highest BCUT2D eigenvalue weighted by molar-refractivity contribution is 5.68. The Bertz CT molecular complexity index is 447. The van der Waals surface area contributed by atoms with Crippen molar-refractivity contribution in [3.05, 3.63) is 23.5 Å². The molecule has 0 radical (unpaired) electrons. The highest BCUT2D eigenvalue weighted by atomic mass is 19.1. The maximum Gasteiger partial charge on any atom is 0.128 e. The fraction of sp³-hybridized carbons (Fsp3) is 0.600. The molecule has 0 amide bonds. The third kappa shape index (κ3) is 3.00. The molecule has 0 saturated carbocycles. The molecule has 1 fully saturated rings. The molecule has 1 unspecified atom stereocenters. The SMILES string of the molecule is CCN1CCCC1CN(C)c1cc(C)c(F)cc1N. The summed E-state index contributed by atoms with van der Waals surface area (Å²) in [4.78, 5) is 4.66. The van der Waals surface area contributed by atoms with Gasteiger partial charge in [-0.15, -0.1) is 0 Å². The number of likely N-dealkylation sites (N-methyl/N-ethyl adjacent to an activating group) is 2. The van der Waals surface area contributed by atoms with Gasteiger partial charge in [-0.3, -0.25) is 4.90 Å². The molecule has 1 saturated heterocycles. The van der Waals surface area contributed by atoms with Crippen LogP contribution in [0.2, 0.25) is 0 Å². The van der Waals surface area contributed by atoms with Gasteiger partial charge in [0.05, 0.1) is 11.4 Å². The van der Waals surface area contributed by atoms with Gasteiger partial charge in [0.25, 0.3) is 0 Å². The number of hydrogen-bond acceptors (Lipinski definition) is 3. The van der Waals surface area contributed by atoms with E-state index in [4.69, 9.17) is 5.73 Å². The van der Waals surface area contributed by atoms with Crippen molar-refractivity contribution in [3.63, 3.8) is 0 Å². The summed E-state index contributed by atoms with van der Waals surface area (Å²) >= 11 is 0. The molecular weight excluding hydrogens is 241 g/mol. The van der Waals surface area contributed by atoms with Crippen molar-refractivity contribution in [2.24, 2.45) is 0 Å². The zero-order valence-corrected chi connectivity index (χ0v) is 12.1. The Morgan fingerprint density at radius 1 is 1.47 bits per heavy atom. The first-order valence-corrected chi connectivity index (χ1v) is 7.03. The smallest absolute Gasteiger partial charge is 0.128 e. The van der Waals surface area contributed by atoms with Gasteiger partial charge in [-0.25, -0.2) is 4.39 Å². The van der Waals surface area contributed by atoms with Crippen LogP contribution in [0, 0.1) is 12.7 Å². The summed E-state index contributed by atoms with van der Waals surface area (Å²) in [6, 6.07) is 3.85. The average molecular weight is 265 g/mol. The van der Waals surface area contributed by atoms with Crippen molar-refractivity contribution < 1.29 is 4.39 Å². The van der Waals surface area contributed by atoms with E-state index in [1.807, 2.05) is 13.1 Å². The minimum absolute atomic E-state index is 0.231. The summed E-state index contributed by atoms with van der Waals surface area (Å²) in [6.07, 6.45) is 2.50. The topological polar surface area (TPSA) is 32.5 Å². The number of nitrogens with two attached hydrogens (primary N) is 1. The summed E-state index contributed by atoms with van der Waals surface area (Å²) < 4.78 is 13.4. The van der Waals surface area contributed by atoms with Crippen molar-refractivity contribution in [2.75, 3.05) is 37.3 Å². The predicted octanol–water partition coefficient (Wildman–Crippen LogP) is 2.64. The van der Waals surface area contributed by atoms with Gasteiger partial charge in [0.1, 0.15) is 5.82 Å². The lowest BCUT2D eigenvalue weighted by atomic mass is 10.1. The molecule has 106 valence electrons. The van der Waals surface area contributed by atoms with Gasteiger partial charge in [0.2, 0.25) is 0 Å². The normalized spacial score (nSPS) is 19.9. The van der Waals surface area contributed by atoms with E-state index < -0.39 is 0 Å². The van der Waals surface area contributed by atoms with Gasteiger partial charge in [0.15, 0.2) is 0 Å². The van der Waals surface area contributed by atoms with Crippen molar-refractivity contribution in [1.29, 1.82) is 0 Å². The van der Waals surface area contributed by atoms with Crippen molar-refractivity contribution >= 4 is 11.4 Å². The monoisotopic (exact) mass is 265 g/mol. The van der Waals surface area contributed by atoms with Crippen molar-refractivity contribution in [1.82, 2.24) is 4.90 Å². The first-order valence-electron chi connectivity index (χ1n) is 7.03. The van der Waals surface area contributed by atoms with Crippen LogP contribution in [0.15, 0.2) is 12.1 Å². The van der Waals surface area contributed by atoms with Gasteiger partial charge < -0.3 is 10.6 Å². The van der Waals surface area contributed by atoms with Crippen LogP contribution in [0.4, 0.5) is 15.8 Å². The highest BCUT2D eigenvalue weighted by Crippen LogP contribution is 2.27. The molecule has 1 aromatic carbocycles. The van der Waals surface area contributed by atoms with Crippen LogP contribution in [0.25, 0.3) is 0 Å². The standard InChI is InChI=1S/C15H24FN3/c1-4-19-7-5-6-12(19)10-18(3)15-8-11(2)13(16)9-14(15)17/h8-9,12H,4-7,10,17H2,1-3H3. The van der Waals surface area contributed by atoms with Crippen LogP contribution in [0.5, 0.6) is 0 Å². The van der Waals surface area contributed by atoms with E-state index in [0.717, 1.165) is 18.8 Å². The highest BCUT2D eigenvalue weighted by Gasteiger charge is 2.24. The molecule has 0 aromatic heterocycles. The van der Waals surface area contributed by atoms with Gasteiger partial charge in [-0.05, 0) is 50.6 Å². The number of hydrogen-bond donors (Lipinski definition) is 1. The maximum absolute atomic E-state index is 13.4. The molecule has 1 atom stereocenters. The third-order valence-electron chi connectivity index (χ3n) is 4.11. The van der Waals surface area contributed by atoms with Gasteiger partial charge in [0, 0.05) is 19.6 Å². The van der Waals surface area contributed by atoms with E-state index in [9.17, 15) is 4.39 Å². The number of anilines is 2. The molecule has 2 N–H and O–H groups in total. The van der Waals surface area contributed by atoms with Crippen LogP contribution in [0.1, 0.15) is 25.3 Å². The van der Waals surface area contributed by atoms with Crippen LogP contribution in [0.3, 0.4) is 0 Å². The minimum atomic E-state index is -0.231. The molecule has 1 heterocycles. The molecule has 0 spiro atoms. The molecule has 0 aliphatic carbocycles. The first kappa shape index (κ1) is 14.1. The molecule has 4 heteroatoms. The van der Waals surface area contributed by atoms with E-state index in [1.165, 1.54) is 25.5 Å². The Morgan fingerprint density at radius 3 is 2.89 bits per heavy atom. The van der Waals surface area contributed by atoms with Gasteiger partial charge in [-0.1, -0.05) is 6.92 Å². The summed E-state index contributed by atoms with van der Waals surface area (Å²) in [5.74, 6) is -0.231. The third-order valence-corrected chi connectivity index (χ3v) is 4.11. The quantitative estimate of drug-likeness (QED) is 0.849. The number of aryl methyl sites for hydroxylation is 1. The molecule has 3 nitrogen and oxygen atoms in total. The van der Waals surface area contributed by atoms with E-state index >= 15 is 0 Å². The number of likely N-dealkylation sites (tertiary alicyclic amines) is 1. The number of nitrogens with zero attached hydrogens (tertiary/aromatic N) is 2. The Kier molecular flexibility index (Phi) is 4.30. The summed E-state index contributed by atoms with van der Waals surface area (Å²) in [5, 5.41) is 0. The fourth-order valence-corrected chi connectivity index (χ4v) is 2.94. The Labute approximate surface area is 115 Å². The molecule has 2 rings (SSSR count). The van der Waals surface area contributed by atoms with Gasteiger partial charge in [-0.2, -0.15) is 0 Å². The second-order valence-corrected chi connectivity index (χ2v) is 5.47. The van der Waals surface area contributed by atoms with Crippen LogP contribution < -0.4 is 10.6 Å². The number of benzene rings is 1. The lowest BCUT2D eigenvalue weighted by molar-refractivity contribution is 0.270. The van der Waals surface area contributed by atoms with Gasteiger partial charge >= 0.3 is 0 Å².